The zero-order valence-electron chi connectivity index (χ0n) is 32.2. The molecule has 52 heavy (non-hydrogen) atoms. The number of rotatable bonds is 7. The van der Waals surface area contributed by atoms with Gasteiger partial charge in [0, 0.05) is 34.9 Å². The summed E-state index contributed by atoms with van der Waals surface area (Å²) in [4.78, 5) is 0. The smallest absolute Gasteiger partial charge is 0.207 e. The van der Waals surface area contributed by atoms with Crippen LogP contribution in [0.5, 0.6) is 0 Å². The van der Waals surface area contributed by atoms with Gasteiger partial charge < -0.3 is 0 Å². The molecule has 0 bridgehead atoms. The van der Waals surface area contributed by atoms with Crippen LogP contribution in [0.3, 0.4) is 0 Å². The first-order valence-electron chi connectivity index (χ1n) is 19.9. The first-order valence-corrected chi connectivity index (χ1v) is 19.9. The molecule has 0 amide bonds. The molecule has 0 radical (unpaired) electrons. The number of benzene rings is 4. The fourth-order valence-corrected chi connectivity index (χ4v) is 12.5. The van der Waals surface area contributed by atoms with E-state index in [9.17, 15) is 0 Å². The van der Waals surface area contributed by atoms with Gasteiger partial charge in [-0.25, -0.2) is 4.39 Å². The zero-order chi connectivity index (χ0) is 36.1. The van der Waals surface area contributed by atoms with Crippen molar-refractivity contribution in [3.63, 3.8) is 0 Å². The molecule has 262 valence electrons. The minimum absolute atomic E-state index is 0.0731. The van der Waals surface area contributed by atoms with Crippen LogP contribution in [0.2, 0.25) is 0 Å². The Kier molecular flexibility index (Phi) is 6.46. The zero-order valence-corrected chi connectivity index (χ0v) is 32.2. The summed E-state index contributed by atoms with van der Waals surface area (Å²) in [7, 11) is 0. The van der Waals surface area contributed by atoms with Gasteiger partial charge in [0.25, 0.3) is 0 Å². The van der Waals surface area contributed by atoms with Crippen LogP contribution in [-0.2, 0) is 34.7 Å². The molecule has 3 aliphatic carbocycles. The van der Waals surface area contributed by atoms with Crippen LogP contribution in [0.25, 0.3) is 44.1 Å². The van der Waals surface area contributed by atoms with E-state index < -0.39 is 5.41 Å². The van der Waals surface area contributed by atoms with E-state index in [1.165, 1.54) is 90.3 Å². The minimum Gasteiger partial charge on any atom is -0.207 e. The lowest BCUT2D eigenvalue weighted by atomic mass is 9.65. The van der Waals surface area contributed by atoms with Crippen molar-refractivity contribution in [3.8, 4) is 22.5 Å². The largest absolute Gasteiger partial charge is 0.221 e. The van der Waals surface area contributed by atoms with E-state index in [0.717, 1.165) is 31.4 Å². The molecule has 1 aliphatic heterocycles. The van der Waals surface area contributed by atoms with Crippen LogP contribution >= 0.6 is 0 Å². The van der Waals surface area contributed by atoms with E-state index >= 15 is 4.39 Å². The summed E-state index contributed by atoms with van der Waals surface area (Å²) < 4.78 is 21.8. The molecule has 0 spiro atoms. The second kappa shape index (κ2) is 10.4. The van der Waals surface area contributed by atoms with E-state index in [2.05, 4.69) is 144 Å². The first-order chi connectivity index (χ1) is 25.0. The highest BCUT2D eigenvalue weighted by Crippen LogP contribution is 2.74. The highest BCUT2D eigenvalue weighted by atomic mass is 19.1. The Hall–Kier alpha value is -4.37. The molecule has 0 N–H and O–H groups in total. The molecule has 1 saturated carbocycles. The van der Waals surface area contributed by atoms with E-state index in [-0.39, 0.29) is 22.2 Å². The summed E-state index contributed by atoms with van der Waals surface area (Å²) >= 11 is 0. The van der Waals surface area contributed by atoms with Crippen molar-refractivity contribution in [1.29, 1.82) is 0 Å². The number of unbranched alkanes of at least 4 members (excludes halogenated alkanes) is 1. The third kappa shape index (κ3) is 3.52. The monoisotopic (exact) mass is 686 g/mol. The molecule has 2 aromatic heterocycles. The molecule has 3 unspecified atom stereocenters. The van der Waals surface area contributed by atoms with Crippen LogP contribution in [0.1, 0.15) is 113 Å². The number of aryl methyl sites for hydroxylation is 2. The number of hydrogen-bond donors (Lipinski definition) is 0. The van der Waals surface area contributed by atoms with E-state index in [1.807, 2.05) is 0 Å². The van der Waals surface area contributed by atoms with Gasteiger partial charge in [-0.1, -0.05) is 109 Å². The molecule has 3 heterocycles. The van der Waals surface area contributed by atoms with Crippen molar-refractivity contribution in [3.05, 3.63) is 130 Å². The molecule has 2 nitrogen and oxygen atoms in total. The van der Waals surface area contributed by atoms with E-state index in [1.54, 1.807) is 6.07 Å². The minimum atomic E-state index is -0.448. The number of hydrogen-bond acceptors (Lipinski definition) is 0. The maximum absolute atomic E-state index is 16.5. The average Bonchev–Trinajstić information content (AvgIpc) is 3.74. The molecular formula is C49H51FN2+2. The van der Waals surface area contributed by atoms with Gasteiger partial charge in [-0.3, -0.25) is 0 Å². The van der Waals surface area contributed by atoms with Gasteiger partial charge in [-0.15, -0.1) is 0 Å². The second-order valence-electron chi connectivity index (χ2n) is 17.5. The molecule has 3 heteroatoms. The number of aromatic nitrogens is 2. The molecule has 3 atom stereocenters. The fourth-order valence-electron chi connectivity index (χ4n) is 12.5. The lowest BCUT2D eigenvalue weighted by Crippen LogP contribution is -2.56. The topological polar surface area (TPSA) is 7.76 Å². The van der Waals surface area contributed by atoms with Crippen molar-refractivity contribution in [1.82, 2.24) is 0 Å². The third-order valence-electron chi connectivity index (χ3n) is 14.9. The van der Waals surface area contributed by atoms with Crippen molar-refractivity contribution >= 4 is 21.5 Å². The number of pyridine rings is 2. The number of nitrogens with zero attached hydrogens (tertiary/aromatic N) is 2. The molecule has 6 aromatic rings. The Bertz CT molecular complexity index is 2560. The van der Waals surface area contributed by atoms with Crippen molar-refractivity contribution in [2.75, 3.05) is 0 Å². The van der Waals surface area contributed by atoms with E-state index in [0.29, 0.717) is 5.92 Å². The van der Waals surface area contributed by atoms with Gasteiger partial charge in [0.2, 0.25) is 11.4 Å². The highest BCUT2D eigenvalue weighted by molar-refractivity contribution is 6.03. The maximum Gasteiger partial charge on any atom is 0.221 e. The van der Waals surface area contributed by atoms with Crippen LogP contribution in [0.4, 0.5) is 4.39 Å². The maximum atomic E-state index is 16.5. The van der Waals surface area contributed by atoms with Crippen LogP contribution < -0.4 is 9.13 Å². The van der Waals surface area contributed by atoms with Gasteiger partial charge >= 0.3 is 0 Å². The molecule has 4 aromatic carbocycles. The Morgan fingerprint density at radius 3 is 2.21 bits per heavy atom. The SMILES string of the molecule is CCCCc1ccc2c3c4[n+](ccc13)C1(CC)C(C[n+]3ccc5cccc6c5c3-c3c(C)cccc3C6(C)C)C1(CC)c1ccc(F)c(c1-4)C2(C)C. The summed E-state index contributed by atoms with van der Waals surface area (Å²) in [5.41, 5.74) is 13.5. The van der Waals surface area contributed by atoms with Crippen LogP contribution in [-0.4, -0.2) is 0 Å². The predicted molar refractivity (Wildman–Crippen MR) is 210 cm³/mol. The fraction of sp³-hybridized carbons (Fsp3) is 0.388. The third-order valence-corrected chi connectivity index (χ3v) is 14.9. The summed E-state index contributed by atoms with van der Waals surface area (Å²) in [6.45, 7) is 19.6. The summed E-state index contributed by atoms with van der Waals surface area (Å²) in [6.07, 6.45) is 10.2. The van der Waals surface area contributed by atoms with Gasteiger partial charge in [-0.2, -0.15) is 9.13 Å². The predicted octanol–water partition coefficient (Wildman–Crippen LogP) is 11.1. The van der Waals surface area contributed by atoms with Crippen molar-refractivity contribution < 1.29 is 13.5 Å². The normalized spacial score (nSPS) is 23.4. The lowest BCUT2D eigenvalue weighted by molar-refractivity contribution is -0.747. The summed E-state index contributed by atoms with van der Waals surface area (Å²) in [6, 6.07) is 27.2. The summed E-state index contributed by atoms with van der Waals surface area (Å²) in [5.74, 6) is 0.257. The molecule has 1 fully saturated rings. The van der Waals surface area contributed by atoms with E-state index in [4.69, 9.17) is 0 Å². The quantitative estimate of drug-likeness (QED) is 0.148. The Morgan fingerprint density at radius 2 is 1.44 bits per heavy atom. The van der Waals surface area contributed by atoms with Crippen LogP contribution in [0.15, 0.2) is 85.2 Å². The first kappa shape index (κ1) is 32.3. The Labute approximate surface area is 308 Å². The molecule has 4 aliphatic rings. The van der Waals surface area contributed by atoms with Gasteiger partial charge in [0.1, 0.15) is 11.7 Å². The second-order valence-corrected chi connectivity index (χ2v) is 17.5. The number of halogens is 1. The Balaban J connectivity index is 1.27. The highest BCUT2D eigenvalue weighted by Gasteiger charge is 2.86. The Morgan fingerprint density at radius 1 is 0.692 bits per heavy atom. The average molecular weight is 687 g/mol. The molecule has 0 saturated heterocycles. The van der Waals surface area contributed by atoms with Gasteiger partial charge in [0.15, 0.2) is 24.5 Å². The van der Waals surface area contributed by atoms with Gasteiger partial charge in [-0.05, 0) is 76.4 Å². The van der Waals surface area contributed by atoms with Gasteiger partial charge in [0.05, 0.1) is 27.3 Å². The van der Waals surface area contributed by atoms with Crippen molar-refractivity contribution in [2.24, 2.45) is 5.92 Å². The number of fused-ring (bicyclic) bond motifs is 5. The molecular weight excluding hydrogens is 636 g/mol. The van der Waals surface area contributed by atoms with Crippen LogP contribution in [0, 0.1) is 18.7 Å². The summed E-state index contributed by atoms with van der Waals surface area (Å²) in [5, 5.41) is 5.41. The lowest BCUT2D eigenvalue weighted by Gasteiger charge is -2.39. The van der Waals surface area contributed by atoms with Crippen molar-refractivity contribution in [2.45, 2.75) is 116 Å². The molecule has 10 rings (SSSR count). The standard InChI is InChI=1S/C49H51FN2/c1-9-12-16-30-20-21-35-41-32(30)25-27-52-45(41)42-36(22-23-37(50)43(42)47(35,7)8)48(10-2)38(49(48,52)11-3)28-51-26-24-31-17-14-19-34-40(31)44(51)39-29(4)15-13-18-33(39)46(34,5)6/h13-15,17-27,38H,9-12,16,28H2,1-8H3/q+2.